The van der Waals surface area contributed by atoms with Gasteiger partial charge in [-0.2, -0.15) is 16.8 Å². The van der Waals surface area contributed by atoms with Gasteiger partial charge in [-0.1, -0.05) is 0 Å². The van der Waals surface area contributed by atoms with E-state index in [-0.39, 0.29) is 0 Å². The van der Waals surface area contributed by atoms with E-state index in [4.69, 9.17) is 9.11 Å². The summed E-state index contributed by atoms with van der Waals surface area (Å²) in [5.74, 6) is 0. The molecule has 0 saturated carbocycles. The van der Waals surface area contributed by atoms with Gasteiger partial charge in [-0.25, -0.2) is 0 Å². The zero-order valence-corrected chi connectivity index (χ0v) is 11.9. The van der Waals surface area contributed by atoms with Crippen LogP contribution >= 0.6 is 0 Å². The van der Waals surface area contributed by atoms with Gasteiger partial charge >= 0.3 is 20.8 Å². The van der Waals surface area contributed by atoms with Gasteiger partial charge in [0.05, 0.1) is 0 Å². The van der Waals surface area contributed by atoms with Crippen molar-refractivity contribution in [2.24, 2.45) is 0 Å². The molecule has 0 aliphatic rings. The Morgan fingerprint density at radius 1 is 0.714 bits per heavy atom. The van der Waals surface area contributed by atoms with E-state index in [1.165, 1.54) is 11.1 Å². The first-order chi connectivity index (χ1) is 9.67. The summed E-state index contributed by atoms with van der Waals surface area (Å²) in [6, 6.07) is 7.93. The molecule has 0 unspecified atom stereocenters. The highest BCUT2D eigenvalue weighted by molar-refractivity contribution is 7.94. The Labute approximate surface area is 121 Å². The second kappa shape index (κ2) is 7.19. The zero-order chi connectivity index (χ0) is 15.9. The molecular weight excluding hydrogens is 324 g/mol. The van der Waals surface area contributed by atoms with Crippen molar-refractivity contribution in [3.05, 3.63) is 49.1 Å². The van der Waals surface area contributed by atoms with E-state index >= 15 is 0 Å². The molecule has 0 atom stereocenters. The van der Waals surface area contributed by atoms with Crippen LogP contribution in [0.5, 0.6) is 0 Å². The largest absolute Gasteiger partial charge is 0.413 e. The number of hydrogen-bond acceptors (Lipinski definition) is 7. The fourth-order valence-corrected chi connectivity index (χ4v) is 2.07. The summed E-state index contributed by atoms with van der Waals surface area (Å²) in [4.78, 5) is 7.91. The van der Waals surface area contributed by atoms with Crippen molar-refractivity contribution in [1.82, 2.24) is 9.97 Å². The maximum absolute atomic E-state index is 9.44. The summed E-state index contributed by atoms with van der Waals surface area (Å²) in [6.45, 7) is 0. The topological polar surface area (TPSA) is 144 Å². The molecule has 0 spiro atoms. The molecule has 2 N–H and O–H groups in total. The summed E-state index contributed by atoms with van der Waals surface area (Å²) in [7, 11) is -10.2. The summed E-state index contributed by atoms with van der Waals surface area (Å²) >= 11 is 0. The molecule has 2 rings (SSSR count). The minimum absolute atomic E-state index is 1.17. The number of aromatic nitrogens is 2. The first-order valence-corrected chi connectivity index (χ1v) is 7.87. The Kier molecular flexibility index (Phi) is 5.87. The number of pyridine rings is 2. The van der Waals surface area contributed by atoms with Gasteiger partial charge in [0, 0.05) is 24.8 Å². The normalized spacial score (nSPS) is 11.3. The van der Waals surface area contributed by atoms with Crippen molar-refractivity contribution in [3.8, 4) is 11.1 Å². The first-order valence-electron chi connectivity index (χ1n) is 5.14. The van der Waals surface area contributed by atoms with Crippen LogP contribution in [0.4, 0.5) is 0 Å². The van der Waals surface area contributed by atoms with Crippen LogP contribution in [0.2, 0.25) is 0 Å². The second-order valence-electron chi connectivity index (χ2n) is 3.40. The third-order valence-corrected chi connectivity index (χ3v) is 3.24. The van der Waals surface area contributed by atoms with Gasteiger partial charge in [0.2, 0.25) is 0 Å². The molecule has 9 nitrogen and oxygen atoms in total. The molecule has 0 radical (unpaired) electrons. The first kappa shape index (κ1) is 17.1. The summed E-state index contributed by atoms with van der Waals surface area (Å²) in [5.41, 5.74) is 2.35. The van der Waals surface area contributed by atoms with E-state index < -0.39 is 20.8 Å². The predicted octanol–water partition coefficient (Wildman–Crippen LogP) is 0.752. The minimum atomic E-state index is -5.12. The van der Waals surface area contributed by atoms with E-state index in [0.717, 1.165) is 0 Å². The molecule has 21 heavy (non-hydrogen) atoms. The van der Waals surface area contributed by atoms with Gasteiger partial charge in [-0.05, 0) is 35.4 Å². The van der Waals surface area contributed by atoms with Crippen LogP contribution in [0.15, 0.2) is 49.1 Å². The van der Waals surface area contributed by atoms with Gasteiger partial charge in [-0.3, -0.25) is 19.1 Å². The van der Waals surface area contributed by atoms with Crippen LogP contribution in [0, 0.1) is 0 Å². The molecule has 0 aromatic carbocycles. The molecule has 2 aromatic heterocycles. The summed E-state index contributed by atoms with van der Waals surface area (Å²) in [6.07, 6.45) is 7.15. The van der Waals surface area contributed by atoms with Crippen LogP contribution < -0.4 is 0 Å². The predicted molar refractivity (Wildman–Crippen MR) is 71.7 cm³/mol. The Bertz CT molecular complexity index is 694. The van der Waals surface area contributed by atoms with Gasteiger partial charge in [0.1, 0.15) is 0 Å². The molecule has 114 valence electrons. The lowest BCUT2D eigenvalue weighted by atomic mass is 10.1. The van der Waals surface area contributed by atoms with Gasteiger partial charge < -0.3 is 0 Å². The van der Waals surface area contributed by atoms with E-state index in [1.807, 2.05) is 24.3 Å². The lowest BCUT2D eigenvalue weighted by Crippen LogP contribution is -2.10. The number of nitrogens with zero attached hydrogens (tertiary/aromatic N) is 2. The monoisotopic (exact) mass is 334 g/mol. The lowest BCUT2D eigenvalue weighted by Gasteiger charge is -1.97. The van der Waals surface area contributed by atoms with Crippen LogP contribution in [-0.4, -0.2) is 35.9 Å². The Hall–Kier alpha value is -1.92. The molecule has 0 saturated heterocycles. The van der Waals surface area contributed by atoms with Crippen molar-refractivity contribution in [3.63, 3.8) is 0 Å². The van der Waals surface area contributed by atoms with Crippen LogP contribution in [0.1, 0.15) is 0 Å². The molecular formula is C10H10N2O7S2. The van der Waals surface area contributed by atoms with Crippen molar-refractivity contribution >= 4 is 20.8 Å². The van der Waals surface area contributed by atoms with E-state index in [2.05, 4.69) is 13.6 Å². The standard InChI is InChI=1S/C10H8N2.H2O7S2/c1-5-11-6-2-9(1)10-3-7-12-8-4-10;1-8(2,3)7-9(4,5)6/h1-8H;(H,1,2,3)(H,4,5,6). The third-order valence-electron chi connectivity index (χ3n) is 1.87. The highest BCUT2D eigenvalue weighted by Gasteiger charge is 2.15. The molecule has 0 fully saturated rings. The molecule has 2 aromatic rings. The molecule has 11 heteroatoms. The third kappa shape index (κ3) is 8.06. The van der Waals surface area contributed by atoms with Crippen molar-refractivity contribution in [2.45, 2.75) is 0 Å². The van der Waals surface area contributed by atoms with E-state index in [1.54, 1.807) is 24.8 Å². The summed E-state index contributed by atoms with van der Waals surface area (Å²) < 4.78 is 55.6. The lowest BCUT2D eigenvalue weighted by molar-refractivity contribution is 0.344. The Balaban J connectivity index is 0.000000222. The second-order valence-corrected chi connectivity index (χ2v) is 5.65. The average Bonchev–Trinajstić information content (AvgIpc) is 2.37. The maximum Gasteiger partial charge on any atom is 0.413 e. The Morgan fingerprint density at radius 3 is 1.19 bits per heavy atom. The van der Waals surface area contributed by atoms with Crippen LogP contribution in [0.3, 0.4) is 0 Å². The Morgan fingerprint density at radius 2 is 1.00 bits per heavy atom. The summed E-state index contributed by atoms with van der Waals surface area (Å²) in [5, 5.41) is 0. The number of hydrogen-bond donors (Lipinski definition) is 2. The number of rotatable bonds is 3. The van der Waals surface area contributed by atoms with Gasteiger partial charge in [-0.15, -0.1) is 3.63 Å². The van der Waals surface area contributed by atoms with Crippen molar-refractivity contribution < 1.29 is 29.6 Å². The molecule has 0 bridgehead atoms. The highest BCUT2D eigenvalue weighted by Crippen LogP contribution is 2.15. The SMILES string of the molecule is O=S(=O)(O)OS(=O)(=O)O.c1cc(-c2ccncc2)ccn1. The quantitative estimate of drug-likeness (QED) is 0.777. The maximum atomic E-state index is 9.44. The van der Waals surface area contributed by atoms with E-state index in [0.29, 0.717) is 0 Å². The zero-order valence-electron chi connectivity index (χ0n) is 10.3. The average molecular weight is 334 g/mol. The minimum Gasteiger partial charge on any atom is -0.265 e. The van der Waals surface area contributed by atoms with E-state index in [9.17, 15) is 16.8 Å². The fourth-order valence-electron chi connectivity index (χ4n) is 1.20. The molecule has 0 aliphatic carbocycles. The molecule has 0 amide bonds. The van der Waals surface area contributed by atoms with Crippen molar-refractivity contribution in [2.75, 3.05) is 0 Å². The van der Waals surface area contributed by atoms with Crippen LogP contribution in [-0.2, 0) is 24.4 Å². The molecule has 2 heterocycles. The van der Waals surface area contributed by atoms with Gasteiger partial charge in [0.15, 0.2) is 0 Å². The smallest absolute Gasteiger partial charge is 0.265 e. The van der Waals surface area contributed by atoms with Crippen LogP contribution in [0.25, 0.3) is 11.1 Å². The fraction of sp³-hybridized carbons (Fsp3) is 0. The van der Waals surface area contributed by atoms with Gasteiger partial charge in [0.25, 0.3) is 0 Å². The highest BCUT2D eigenvalue weighted by atomic mass is 32.3. The molecule has 0 aliphatic heterocycles. The van der Waals surface area contributed by atoms with Crippen molar-refractivity contribution in [1.29, 1.82) is 0 Å².